The van der Waals surface area contributed by atoms with Crippen molar-refractivity contribution in [3.05, 3.63) is 61.7 Å². The number of benzene rings is 2. The molecule has 2 aromatic rings. The van der Waals surface area contributed by atoms with Gasteiger partial charge in [0.2, 0.25) is 0 Å². The van der Waals surface area contributed by atoms with Gasteiger partial charge in [-0.1, -0.05) is 17.7 Å². The van der Waals surface area contributed by atoms with E-state index in [4.69, 9.17) is 4.74 Å². The first-order valence-corrected chi connectivity index (χ1v) is 8.25. The second-order valence-corrected chi connectivity index (χ2v) is 6.52. The lowest BCUT2D eigenvalue weighted by Gasteiger charge is -2.07. The van der Waals surface area contributed by atoms with Gasteiger partial charge in [-0.3, -0.25) is 4.79 Å². The van der Waals surface area contributed by atoms with E-state index >= 15 is 0 Å². The highest BCUT2D eigenvalue weighted by Gasteiger charge is 2.08. The summed E-state index contributed by atoms with van der Waals surface area (Å²) in [7, 11) is 1.60. The summed E-state index contributed by atoms with van der Waals surface area (Å²) in [6, 6.07) is 9.46. The Morgan fingerprint density at radius 3 is 2.39 bits per heavy atom. The van der Waals surface area contributed by atoms with Crippen LogP contribution in [0.2, 0.25) is 0 Å². The van der Waals surface area contributed by atoms with Gasteiger partial charge in [0, 0.05) is 11.1 Å². The molecule has 0 saturated carbocycles. The molecule has 0 aliphatic carbocycles. The van der Waals surface area contributed by atoms with Gasteiger partial charge in [0.1, 0.15) is 5.75 Å². The average Bonchev–Trinajstić information content (AvgIpc) is 2.49. The quantitative estimate of drug-likeness (QED) is 0.460. The second kappa shape index (κ2) is 7.59. The smallest absolute Gasteiger partial charge is 0.271 e. The highest BCUT2D eigenvalue weighted by Crippen LogP contribution is 2.21. The molecule has 0 heterocycles. The number of carbonyl (C=O) groups is 1. The number of halogens is 1. The summed E-state index contributed by atoms with van der Waals surface area (Å²) in [6.07, 6.45) is 1.69. The normalized spacial score (nSPS) is 10.8. The van der Waals surface area contributed by atoms with Gasteiger partial charge < -0.3 is 4.74 Å². The first-order valence-electron chi connectivity index (χ1n) is 7.17. The Labute approximate surface area is 150 Å². The molecule has 0 aliphatic rings. The van der Waals surface area contributed by atoms with Crippen molar-refractivity contribution in [1.82, 2.24) is 5.43 Å². The Bertz CT molecular complexity index is 747. The molecule has 0 saturated heterocycles. The Morgan fingerprint density at radius 1 is 1.17 bits per heavy atom. The van der Waals surface area contributed by atoms with Crippen LogP contribution in [0, 0.1) is 24.3 Å². The number of nitrogens with one attached hydrogen (secondary N) is 1. The predicted octanol–water partition coefficient (Wildman–Crippen LogP) is 3.99. The largest absolute Gasteiger partial charge is 0.496 e. The van der Waals surface area contributed by atoms with Gasteiger partial charge >= 0.3 is 0 Å². The van der Waals surface area contributed by atoms with Crippen molar-refractivity contribution < 1.29 is 9.53 Å². The zero-order chi connectivity index (χ0) is 17.0. The molecule has 0 spiro atoms. The number of nitrogens with zero attached hydrogens (tertiary/aromatic N) is 1. The van der Waals surface area contributed by atoms with Crippen molar-refractivity contribution in [2.45, 2.75) is 20.8 Å². The first-order chi connectivity index (χ1) is 10.9. The van der Waals surface area contributed by atoms with E-state index in [-0.39, 0.29) is 5.91 Å². The molecule has 0 unspecified atom stereocenters. The minimum Gasteiger partial charge on any atom is -0.496 e. The van der Waals surface area contributed by atoms with E-state index in [2.05, 4.69) is 52.2 Å². The van der Waals surface area contributed by atoms with Gasteiger partial charge in [0.05, 0.1) is 16.9 Å². The van der Waals surface area contributed by atoms with Crippen LogP contribution in [0.3, 0.4) is 0 Å². The lowest BCUT2D eigenvalue weighted by atomic mass is 10.0. The van der Waals surface area contributed by atoms with Gasteiger partial charge in [0.15, 0.2) is 0 Å². The van der Waals surface area contributed by atoms with E-state index in [0.29, 0.717) is 5.56 Å². The Hall–Kier alpha value is -1.89. The molecule has 0 aromatic heterocycles. The van der Waals surface area contributed by atoms with Crippen LogP contribution in [0.5, 0.6) is 5.75 Å². The highest BCUT2D eigenvalue weighted by atomic mass is 127. The molecule has 4 nitrogen and oxygen atoms in total. The van der Waals surface area contributed by atoms with Crippen molar-refractivity contribution in [2.24, 2.45) is 5.10 Å². The lowest BCUT2D eigenvalue weighted by Crippen LogP contribution is -2.18. The van der Waals surface area contributed by atoms with E-state index < -0.39 is 0 Å². The van der Waals surface area contributed by atoms with Gasteiger partial charge in [-0.25, -0.2) is 5.43 Å². The molecule has 120 valence electrons. The maximum Gasteiger partial charge on any atom is 0.271 e. The van der Waals surface area contributed by atoms with Crippen LogP contribution in [-0.2, 0) is 0 Å². The monoisotopic (exact) mass is 422 g/mol. The molecule has 0 fully saturated rings. The van der Waals surface area contributed by atoms with Crippen molar-refractivity contribution in [3.8, 4) is 5.75 Å². The summed E-state index contributed by atoms with van der Waals surface area (Å²) >= 11 is 2.13. The number of hydrogen-bond donors (Lipinski definition) is 1. The van der Waals surface area contributed by atoms with Crippen LogP contribution in [0.4, 0.5) is 0 Å². The van der Waals surface area contributed by atoms with Gasteiger partial charge in [-0.05, 0) is 72.7 Å². The summed E-state index contributed by atoms with van der Waals surface area (Å²) in [6.45, 7) is 6.14. The van der Waals surface area contributed by atoms with Crippen molar-refractivity contribution in [2.75, 3.05) is 7.11 Å². The molecular weight excluding hydrogens is 403 g/mol. The van der Waals surface area contributed by atoms with E-state index in [1.807, 2.05) is 13.8 Å². The van der Waals surface area contributed by atoms with Crippen molar-refractivity contribution in [1.29, 1.82) is 0 Å². The molecule has 1 amide bonds. The topological polar surface area (TPSA) is 50.7 Å². The third-order valence-electron chi connectivity index (χ3n) is 3.51. The summed E-state index contributed by atoms with van der Waals surface area (Å²) in [5, 5.41) is 4.08. The summed E-state index contributed by atoms with van der Waals surface area (Å²) in [5.74, 6) is 0.501. The second-order valence-electron chi connectivity index (χ2n) is 5.36. The third kappa shape index (κ3) is 4.31. The first kappa shape index (κ1) is 17.5. The molecule has 0 radical (unpaired) electrons. The minimum atomic E-state index is -0.246. The van der Waals surface area contributed by atoms with Gasteiger partial charge in [-0.15, -0.1) is 0 Å². The SMILES string of the molecule is COc1ccc(C(=O)N/N=C\c2c(C)cc(C)cc2C)cc1I. The molecule has 0 atom stereocenters. The van der Waals surface area contributed by atoms with Crippen LogP contribution < -0.4 is 10.2 Å². The molecule has 1 N–H and O–H groups in total. The standard InChI is InChI=1S/C18H19IN2O2/c1-11-7-12(2)15(13(3)8-11)10-20-21-18(22)14-5-6-17(23-4)16(19)9-14/h5-10H,1-4H3,(H,21,22)/b20-10-. The number of methoxy groups -OCH3 is 1. The molecule has 2 rings (SSSR count). The molecule has 5 heteroatoms. The molecular formula is C18H19IN2O2. The maximum atomic E-state index is 12.1. The Morgan fingerprint density at radius 2 is 1.83 bits per heavy atom. The summed E-state index contributed by atoms with van der Waals surface area (Å²) in [4.78, 5) is 12.1. The Balaban J connectivity index is 2.11. The van der Waals surface area contributed by atoms with Crippen molar-refractivity contribution >= 4 is 34.7 Å². The summed E-state index contributed by atoms with van der Waals surface area (Å²) in [5.41, 5.74) is 7.64. The van der Waals surface area contributed by atoms with Gasteiger partial charge in [-0.2, -0.15) is 5.10 Å². The zero-order valence-corrected chi connectivity index (χ0v) is 15.8. The predicted molar refractivity (Wildman–Crippen MR) is 101 cm³/mol. The summed E-state index contributed by atoms with van der Waals surface area (Å²) < 4.78 is 6.07. The molecule has 2 aromatic carbocycles. The molecule has 23 heavy (non-hydrogen) atoms. The molecule has 0 bridgehead atoms. The number of ether oxygens (including phenoxy) is 1. The third-order valence-corrected chi connectivity index (χ3v) is 4.35. The number of amides is 1. The highest BCUT2D eigenvalue weighted by molar-refractivity contribution is 14.1. The number of carbonyl (C=O) groups excluding carboxylic acids is 1. The number of hydrogen-bond acceptors (Lipinski definition) is 3. The molecule has 0 aliphatic heterocycles. The average molecular weight is 422 g/mol. The van der Waals surface area contributed by atoms with Crippen molar-refractivity contribution in [3.63, 3.8) is 0 Å². The van der Waals surface area contributed by atoms with Crippen LogP contribution in [0.1, 0.15) is 32.6 Å². The van der Waals surface area contributed by atoms with E-state index in [9.17, 15) is 4.79 Å². The minimum absolute atomic E-state index is 0.246. The zero-order valence-electron chi connectivity index (χ0n) is 13.6. The fraction of sp³-hybridized carbons (Fsp3) is 0.222. The lowest BCUT2D eigenvalue weighted by molar-refractivity contribution is 0.0955. The van der Waals surface area contributed by atoms with Crippen LogP contribution >= 0.6 is 22.6 Å². The fourth-order valence-corrected chi connectivity index (χ4v) is 3.16. The van der Waals surface area contributed by atoms with Crippen LogP contribution in [0.15, 0.2) is 35.4 Å². The fourth-order valence-electron chi connectivity index (χ4n) is 2.42. The maximum absolute atomic E-state index is 12.1. The van der Waals surface area contributed by atoms with Crippen LogP contribution in [-0.4, -0.2) is 19.2 Å². The number of rotatable bonds is 4. The van der Waals surface area contributed by atoms with E-state index in [0.717, 1.165) is 26.0 Å². The number of hydrazone groups is 1. The number of aryl methyl sites for hydroxylation is 3. The van der Waals surface area contributed by atoms with E-state index in [1.165, 1.54) is 5.56 Å². The van der Waals surface area contributed by atoms with Gasteiger partial charge in [0.25, 0.3) is 5.91 Å². The van der Waals surface area contributed by atoms with E-state index in [1.54, 1.807) is 31.5 Å². The Kier molecular flexibility index (Phi) is 5.76. The van der Waals surface area contributed by atoms with Crippen LogP contribution in [0.25, 0.3) is 0 Å².